The topological polar surface area (TPSA) is 58.6 Å². The van der Waals surface area contributed by atoms with E-state index in [0.717, 1.165) is 0 Å². The molecule has 1 aromatic carbocycles. The summed E-state index contributed by atoms with van der Waals surface area (Å²) >= 11 is 0. The largest absolute Gasteiger partial charge is 0.494 e. The third-order valence-electron chi connectivity index (χ3n) is 3.28. The summed E-state index contributed by atoms with van der Waals surface area (Å²) in [4.78, 5) is 0.296. The van der Waals surface area contributed by atoms with Gasteiger partial charge < -0.3 is 10.1 Å². The van der Waals surface area contributed by atoms with Gasteiger partial charge in [-0.2, -0.15) is 4.31 Å². The van der Waals surface area contributed by atoms with Gasteiger partial charge in [-0.15, -0.1) is 0 Å². The lowest BCUT2D eigenvalue weighted by Crippen LogP contribution is -2.55. The van der Waals surface area contributed by atoms with E-state index in [0.29, 0.717) is 30.3 Å². The maximum Gasteiger partial charge on any atom is 0.243 e. The zero-order valence-corrected chi connectivity index (χ0v) is 13.0. The molecule has 1 fully saturated rings. The Morgan fingerprint density at radius 2 is 1.95 bits per heavy atom. The molecule has 112 valence electrons. The lowest BCUT2D eigenvalue weighted by Gasteiger charge is -2.35. The fraction of sp³-hybridized carbons (Fsp3) is 0.571. The molecule has 0 aromatic heterocycles. The van der Waals surface area contributed by atoms with Crippen molar-refractivity contribution in [3.63, 3.8) is 0 Å². The van der Waals surface area contributed by atoms with Gasteiger partial charge in [-0.05, 0) is 32.9 Å². The van der Waals surface area contributed by atoms with Gasteiger partial charge in [-0.3, -0.25) is 0 Å². The molecule has 0 amide bonds. The molecule has 1 aromatic rings. The van der Waals surface area contributed by atoms with Crippen molar-refractivity contribution >= 4 is 10.0 Å². The van der Waals surface area contributed by atoms with Crippen LogP contribution in [0.3, 0.4) is 0 Å². The van der Waals surface area contributed by atoms with Crippen LogP contribution in [-0.4, -0.2) is 44.5 Å². The lowest BCUT2D eigenvalue weighted by molar-refractivity contribution is 0.263. The highest BCUT2D eigenvalue weighted by Crippen LogP contribution is 2.22. The van der Waals surface area contributed by atoms with Crippen LogP contribution in [0, 0.1) is 0 Å². The van der Waals surface area contributed by atoms with Gasteiger partial charge in [0.05, 0.1) is 11.5 Å². The van der Waals surface area contributed by atoms with Gasteiger partial charge in [0.15, 0.2) is 0 Å². The van der Waals surface area contributed by atoms with Crippen LogP contribution >= 0.6 is 0 Å². The van der Waals surface area contributed by atoms with Gasteiger partial charge in [0.1, 0.15) is 5.75 Å². The number of benzene rings is 1. The molecule has 1 heterocycles. The molecule has 1 aliphatic rings. The third-order valence-corrected chi connectivity index (χ3v) is 5.11. The first kappa shape index (κ1) is 15.3. The molecule has 2 rings (SSSR count). The van der Waals surface area contributed by atoms with E-state index >= 15 is 0 Å². The summed E-state index contributed by atoms with van der Waals surface area (Å²) in [5, 5.41) is 3.33. The van der Waals surface area contributed by atoms with E-state index in [4.69, 9.17) is 4.74 Å². The van der Waals surface area contributed by atoms with Crippen LogP contribution in [0.4, 0.5) is 0 Å². The summed E-state index contributed by atoms with van der Waals surface area (Å²) < 4.78 is 32.3. The van der Waals surface area contributed by atoms with Crippen molar-refractivity contribution in [3.05, 3.63) is 24.3 Å². The molecule has 0 saturated carbocycles. The van der Waals surface area contributed by atoms with Crippen molar-refractivity contribution in [3.8, 4) is 5.75 Å². The first-order chi connectivity index (χ1) is 9.43. The maximum absolute atomic E-state index is 12.7. The van der Waals surface area contributed by atoms with E-state index in [-0.39, 0.29) is 12.1 Å². The van der Waals surface area contributed by atoms with Gasteiger partial charge in [-0.1, -0.05) is 6.07 Å². The predicted octanol–water partition coefficient (Wildman–Crippen LogP) is 1.46. The second-order valence-electron chi connectivity index (χ2n) is 5.20. The van der Waals surface area contributed by atoms with E-state index in [9.17, 15) is 8.42 Å². The highest BCUT2D eigenvalue weighted by atomic mass is 32.2. The SMILES string of the molecule is CCOc1cccc(S(=O)(=O)N2CC(C)NC(C)C2)c1. The Morgan fingerprint density at radius 1 is 1.30 bits per heavy atom. The smallest absolute Gasteiger partial charge is 0.243 e. The van der Waals surface area contributed by atoms with Crippen LogP contribution < -0.4 is 10.1 Å². The summed E-state index contributed by atoms with van der Waals surface area (Å²) in [7, 11) is -3.46. The minimum Gasteiger partial charge on any atom is -0.494 e. The number of piperazine rings is 1. The molecule has 0 spiro atoms. The number of hydrogen-bond acceptors (Lipinski definition) is 4. The van der Waals surface area contributed by atoms with Crippen molar-refractivity contribution in [2.75, 3.05) is 19.7 Å². The number of nitrogens with one attached hydrogen (secondary N) is 1. The number of nitrogens with zero attached hydrogens (tertiary/aromatic N) is 1. The molecular weight excluding hydrogens is 276 g/mol. The Hall–Kier alpha value is -1.11. The van der Waals surface area contributed by atoms with Gasteiger partial charge in [-0.25, -0.2) is 8.42 Å². The standard InChI is InChI=1S/C14H22N2O3S/c1-4-19-13-6-5-7-14(8-13)20(17,18)16-9-11(2)15-12(3)10-16/h5-8,11-12,15H,4,9-10H2,1-3H3. The Bertz CT molecular complexity index is 549. The van der Waals surface area contributed by atoms with Gasteiger partial charge >= 0.3 is 0 Å². The number of sulfonamides is 1. The van der Waals surface area contributed by atoms with Gasteiger partial charge in [0, 0.05) is 31.2 Å². The predicted molar refractivity (Wildman–Crippen MR) is 78.4 cm³/mol. The summed E-state index contributed by atoms with van der Waals surface area (Å²) in [6.45, 7) is 7.37. The lowest BCUT2D eigenvalue weighted by atomic mass is 10.2. The fourth-order valence-corrected chi connectivity index (χ4v) is 4.17. The average molecular weight is 298 g/mol. The molecule has 2 atom stereocenters. The van der Waals surface area contributed by atoms with Crippen molar-refractivity contribution in [2.24, 2.45) is 0 Å². The van der Waals surface area contributed by atoms with Crippen molar-refractivity contribution in [1.82, 2.24) is 9.62 Å². The quantitative estimate of drug-likeness (QED) is 0.914. The van der Waals surface area contributed by atoms with Crippen LogP contribution in [0.15, 0.2) is 29.2 Å². The first-order valence-corrected chi connectivity index (χ1v) is 8.36. The second-order valence-corrected chi connectivity index (χ2v) is 7.14. The van der Waals surface area contributed by atoms with Crippen molar-refractivity contribution in [2.45, 2.75) is 37.8 Å². The van der Waals surface area contributed by atoms with Gasteiger partial charge in [0.2, 0.25) is 10.0 Å². The molecule has 20 heavy (non-hydrogen) atoms. The minimum atomic E-state index is -3.46. The van der Waals surface area contributed by atoms with Crippen molar-refractivity contribution in [1.29, 1.82) is 0 Å². The molecule has 1 N–H and O–H groups in total. The van der Waals surface area contributed by atoms with Crippen LogP contribution in [0.5, 0.6) is 5.75 Å². The number of ether oxygens (including phenoxy) is 1. The molecular formula is C14H22N2O3S. The highest BCUT2D eigenvalue weighted by Gasteiger charge is 2.31. The monoisotopic (exact) mass is 298 g/mol. The van der Waals surface area contributed by atoms with Gasteiger partial charge in [0.25, 0.3) is 0 Å². The molecule has 5 nitrogen and oxygen atoms in total. The summed E-state index contributed by atoms with van der Waals surface area (Å²) in [6, 6.07) is 7.01. The average Bonchev–Trinajstić information content (AvgIpc) is 2.38. The second kappa shape index (κ2) is 6.11. The van der Waals surface area contributed by atoms with E-state index in [1.54, 1.807) is 28.6 Å². The zero-order chi connectivity index (χ0) is 14.8. The van der Waals surface area contributed by atoms with E-state index < -0.39 is 10.0 Å². The Balaban J connectivity index is 2.27. The molecule has 0 bridgehead atoms. The highest BCUT2D eigenvalue weighted by molar-refractivity contribution is 7.89. The molecule has 0 radical (unpaired) electrons. The summed E-state index contributed by atoms with van der Waals surface area (Å²) in [5.41, 5.74) is 0. The normalized spacial score (nSPS) is 24.6. The zero-order valence-electron chi connectivity index (χ0n) is 12.2. The molecule has 1 aliphatic heterocycles. The summed E-state index contributed by atoms with van der Waals surface area (Å²) in [5.74, 6) is 0.588. The summed E-state index contributed by atoms with van der Waals surface area (Å²) in [6.07, 6.45) is 0. The van der Waals surface area contributed by atoms with E-state index in [1.165, 1.54) is 0 Å². The number of hydrogen-bond donors (Lipinski definition) is 1. The van der Waals surface area contributed by atoms with Crippen LogP contribution in [0.2, 0.25) is 0 Å². The molecule has 1 saturated heterocycles. The fourth-order valence-electron chi connectivity index (χ4n) is 2.51. The maximum atomic E-state index is 12.7. The third kappa shape index (κ3) is 3.31. The van der Waals surface area contributed by atoms with Crippen molar-refractivity contribution < 1.29 is 13.2 Å². The van der Waals surface area contributed by atoms with Crippen LogP contribution in [0.1, 0.15) is 20.8 Å². The number of rotatable bonds is 4. The Morgan fingerprint density at radius 3 is 2.55 bits per heavy atom. The van der Waals surface area contributed by atoms with E-state index in [2.05, 4.69) is 5.32 Å². The van der Waals surface area contributed by atoms with E-state index in [1.807, 2.05) is 20.8 Å². The molecule has 0 aliphatic carbocycles. The van der Waals surface area contributed by atoms with Crippen LogP contribution in [0.25, 0.3) is 0 Å². The Labute approximate surface area is 121 Å². The Kier molecular flexibility index (Phi) is 4.67. The molecule has 2 unspecified atom stereocenters. The minimum absolute atomic E-state index is 0.156. The molecule has 6 heteroatoms. The van der Waals surface area contributed by atoms with Crippen LogP contribution in [-0.2, 0) is 10.0 Å². The first-order valence-electron chi connectivity index (χ1n) is 6.92.